The fourth-order valence-corrected chi connectivity index (χ4v) is 16.1. The number of nitrogens with zero attached hydrogens (tertiary/aromatic N) is 6. The number of aryl methyl sites for hydroxylation is 5. The summed E-state index contributed by atoms with van der Waals surface area (Å²) in [6.07, 6.45) is -10.5. The number of halogens is 1. The molecule has 1 spiro atoms. The first kappa shape index (κ1) is 116. The van der Waals surface area contributed by atoms with Gasteiger partial charge in [0.05, 0.1) is 70.0 Å². The highest BCUT2D eigenvalue weighted by atomic mass is 35.5. The van der Waals surface area contributed by atoms with Gasteiger partial charge in [-0.25, -0.2) is 23.7 Å². The van der Waals surface area contributed by atoms with Gasteiger partial charge in [-0.05, 0) is 143 Å². The molecule has 3 aromatic carbocycles. The summed E-state index contributed by atoms with van der Waals surface area (Å²) in [6.45, 7) is 24.0. The fourth-order valence-electron chi connectivity index (χ4n) is 15.8. The van der Waals surface area contributed by atoms with Crippen molar-refractivity contribution in [3.8, 4) is 17.5 Å². The van der Waals surface area contributed by atoms with Gasteiger partial charge < -0.3 is 119 Å². The molecule has 0 bridgehead atoms. The number of benzene rings is 3. The highest BCUT2D eigenvalue weighted by molar-refractivity contribution is 6.28. The minimum Gasteiger partial charge on any atom is -0.497 e. The first-order valence-electron chi connectivity index (χ1n) is 46.3. The number of amides is 4. The molecule has 798 valence electrons. The van der Waals surface area contributed by atoms with Crippen molar-refractivity contribution in [1.29, 1.82) is 0 Å². The Bertz CT molecular complexity index is 5640. The molecular formula is C95H143ClN14O33. The number of methoxy groups -OCH3 is 2. The number of aliphatic hydroxyl groups excluding tert-OH is 8. The third-order valence-corrected chi connectivity index (χ3v) is 25.0. The molecule has 48 heteroatoms. The van der Waals surface area contributed by atoms with Gasteiger partial charge in [0.2, 0.25) is 23.6 Å². The van der Waals surface area contributed by atoms with Crippen molar-refractivity contribution >= 4 is 35.2 Å². The topological polar surface area (TPSA) is 643 Å². The molecule has 0 radical (unpaired) electrons. The molecule has 5 fully saturated rings. The minimum absolute atomic E-state index is 0. The second kappa shape index (κ2) is 52.1. The zero-order valence-electron chi connectivity index (χ0n) is 83.3. The molecule has 25 atom stereocenters. The number of aliphatic hydroxyl groups is 8. The Hall–Kier alpha value is -11.9. The smallest absolute Gasteiger partial charge is 0.330 e. The van der Waals surface area contributed by atoms with Crippen molar-refractivity contribution in [1.82, 2.24) is 69.0 Å². The molecular weight excluding hydrogens is 1900 g/mol. The molecule has 14 rings (SSSR count). The van der Waals surface area contributed by atoms with Crippen molar-refractivity contribution in [3.63, 3.8) is 0 Å². The van der Waals surface area contributed by atoms with Crippen molar-refractivity contribution in [2.45, 2.75) is 294 Å². The van der Waals surface area contributed by atoms with Gasteiger partial charge in [0.15, 0.2) is 24.9 Å². The molecule has 143 heavy (non-hydrogen) atoms. The van der Waals surface area contributed by atoms with Gasteiger partial charge in [0.1, 0.15) is 95.7 Å². The number of likely N-dealkylation sites (N-methyl/N-ethyl adjacent to an activating group) is 4. The summed E-state index contributed by atoms with van der Waals surface area (Å²) in [5.41, 5.74) is -0.278. The van der Waals surface area contributed by atoms with Crippen LogP contribution in [-0.2, 0) is 72.6 Å². The molecule has 6 aliphatic rings. The Morgan fingerprint density at radius 1 is 0.448 bits per heavy atom. The summed E-state index contributed by atoms with van der Waals surface area (Å²) in [5, 5.41) is 87.3. The summed E-state index contributed by atoms with van der Waals surface area (Å²) >= 11 is 7.22. The van der Waals surface area contributed by atoms with Crippen LogP contribution in [0.3, 0.4) is 0 Å². The number of fused-ring (bicyclic) bond motifs is 2. The fraction of sp³-hybridized carbons (Fsp3) is 0.558. The summed E-state index contributed by atoms with van der Waals surface area (Å²) in [5.74, 6) is -0.830. The molecule has 47 nitrogen and oxygen atoms in total. The van der Waals surface area contributed by atoms with Crippen molar-refractivity contribution < 1.29 is 124 Å². The average molecular weight is 2040 g/mol. The number of alkyl halides is 1. The minimum atomic E-state index is -1.26. The van der Waals surface area contributed by atoms with Crippen molar-refractivity contribution in [3.05, 3.63) is 248 Å². The van der Waals surface area contributed by atoms with Crippen LogP contribution in [0.2, 0.25) is 0 Å². The number of hydrogen-bond donors (Lipinski definition) is 16. The maximum atomic E-state index is 12.1. The van der Waals surface area contributed by atoms with Crippen molar-refractivity contribution in [2.24, 2.45) is 0 Å². The van der Waals surface area contributed by atoms with E-state index in [-0.39, 0.29) is 48.1 Å². The van der Waals surface area contributed by atoms with E-state index in [4.69, 9.17) is 78.7 Å². The maximum absolute atomic E-state index is 12.1. The highest BCUT2D eigenvalue weighted by Crippen LogP contribution is 2.47. The molecule has 9 unspecified atom stereocenters. The van der Waals surface area contributed by atoms with Gasteiger partial charge in [-0.3, -0.25) is 81.4 Å². The number of carbonyl (C=O) groups is 4. The lowest BCUT2D eigenvalue weighted by molar-refractivity contribution is -0.285. The van der Waals surface area contributed by atoms with E-state index >= 15 is 0 Å². The second-order valence-electron chi connectivity index (χ2n) is 34.5. The number of aromatic amines is 4. The number of carbonyl (C=O) groups excluding carboxylic acids is 4. The number of rotatable bonds is 27. The zero-order chi connectivity index (χ0) is 106. The van der Waals surface area contributed by atoms with Crippen LogP contribution >= 0.6 is 11.6 Å². The lowest BCUT2D eigenvalue weighted by Gasteiger charge is -2.40. The number of hydrogen-bond acceptors (Lipinski definition) is 34. The van der Waals surface area contributed by atoms with E-state index in [2.05, 4.69) is 46.2 Å². The predicted molar refractivity (Wildman–Crippen MR) is 525 cm³/mol. The Morgan fingerprint density at radius 3 is 0.986 bits per heavy atom. The summed E-state index contributed by atoms with van der Waals surface area (Å²) in [7, 11) is 9.19. The molecule has 6 aliphatic heterocycles. The van der Waals surface area contributed by atoms with Gasteiger partial charge in [-0.1, -0.05) is 82.3 Å². The average Bonchev–Trinajstić information content (AvgIpc) is 1.56. The van der Waals surface area contributed by atoms with Gasteiger partial charge in [0, 0.05) is 94.1 Å². The number of nitrogens with one attached hydrogen (secondary N) is 8. The van der Waals surface area contributed by atoms with Crippen LogP contribution in [0.15, 0.2) is 153 Å². The standard InChI is InChI=1S/C21H19ClO2.3C15H23N3O6.C14H21N3O7.C11H14N2O4.C4H10O2.5H2/c1-23-19-12-8-17(9-13-19)21(22,16-6-4-3-5-7-16)18-10-14-20(24-2)15-11-18;3*1-5-9-10(19)11(23-8(3)13(21)16-4)14(24-9)18-6-7(2)12(20)17-15(18)22;1-6-4-17(14(22)16-11(6)20)13-10(9(19)8(5-18)24-13)23-7(2)12(21)15-3;1-3-8-7(14)4-11(16-8)13-5-6(2)9(15)12-10(13)17-11;1-3(5)4(2)6;;;;;/h3-15H,1-2H3;3*6,8-11,14,19H,5H2,1-4H3,(H,16,21)(H,17,20,22);4,7-10,13,18-19H,5H2,1-3H3,(H,15,21)(H,16,20,22);5,7-8,14H,3-4H2,1-2H3;3-6H,1-2H3;5*1H/t;8?,9-,10?,11+,14-;8-,9+,10?,11-,14+;8-,9-,10?,11+,14-;7?,8-,9?,10+,13-;7?,8-,11-;;;;;;/m.10111....../s1. The quantitative estimate of drug-likeness (QED) is 0.0253. The molecule has 0 aliphatic carbocycles. The lowest BCUT2D eigenvalue weighted by Crippen LogP contribution is -2.51. The van der Waals surface area contributed by atoms with Crippen LogP contribution in [0.5, 0.6) is 17.5 Å². The van der Waals surface area contributed by atoms with Crippen molar-refractivity contribution in [2.75, 3.05) is 49.0 Å². The number of aromatic nitrogens is 10. The second-order valence-corrected chi connectivity index (χ2v) is 35.0. The molecule has 0 saturated carbocycles. The SMILES string of the molecule is CC(O)C(C)O.CC[C@H]1O[C@@H](n2cc(C)c(=O)[nH]c2=O)[C@@H](OC(C)C(=O)NC)C1O.CC[C@H]1O[C@@H](n2cc(C)c(=O)[nH]c2=O)[C@@H](O[C@@H](C)C(=O)NC)C1O.CC[C@H]1O[C@@H](n2cc(C)c(=O)[nH]c2=O)[C@@H](O[C@H](C)C(=O)NC)C1O.CC[C@H]1O[C@]2(CC1O)Oc1nc(=O)c(C)cn12.CNC(=O)C(C)O[C@H]1C(O)[C@@H](CO)O[C@H]1n1cc(C)c(=O)[nH]c1=O.COc1ccc(C(Cl)(c2ccccc2)c2ccc(OC)cc2)cc1.[HH].[HH].[HH].[HH].[HH]. The largest absolute Gasteiger partial charge is 0.497 e. The Labute approximate surface area is 833 Å². The van der Waals surface area contributed by atoms with E-state index in [0.717, 1.165) is 32.8 Å². The first-order chi connectivity index (χ1) is 67.6. The Balaban J connectivity index is 0.000000449. The molecule has 4 amide bonds. The van der Waals surface area contributed by atoms with Crippen LogP contribution < -0.4 is 86.0 Å². The van der Waals surface area contributed by atoms with Gasteiger partial charge in [-0.15, -0.1) is 11.6 Å². The predicted octanol–water partition coefficient (Wildman–Crippen LogP) is 1.04. The lowest BCUT2D eigenvalue weighted by atomic mass is 9.84. The van der Waals surface area contributed by atoms with Crippen LogP contribution in [0.25, 0.3) is 0 Å². The third-order valence-electron chi connectivity index (χ3n) is 24.4. The van der Waals surface area contributed by atoms with E-state index in [9.17, 15) is 93.0 Å². The molecule has 5 saturated heterocycles. The summed E-state index contributed by atoms with van der Waals surface area (Å²) < 4.78 is 73.2. The van der Waals surface area contributed by atoms with E-state index in [1.807, 2.05) is 107 Å². The summed E-state index contributed by atoms with van der Waals surface area (Å²) in [6, 6.07) is 26.1. The molecule has 11 heterocycles. The van der Waals surface area contributed by atoms with Crippen LogP contribution in [0, 0.1) is 34.6 Å². The normalized spacial score (nSPS) is 25.5. The molecule has 16 N–H and O–H groups in total. The van der Waals surface area contributed by atoms with E-state index in [0.29, 0.717) is 54.4 Å². The number of ether oxygens (including phenoxy) is 12. The van der Waals surface area contributed by atoms with Gasteiger partial charge >= 0.3 is 34.7 Å². The van der Waals surface area contributed by atoms with Crippen LogP contribution in [-0.4, -0.2) is 283 Å². The molecule has 5 aromatic heterocycles. The first-order valence-corrected chi connectivity index (χ1v) is 46.7. The highest BCUT2D eigenvalue weighted by Gasteiger charge is 2.57. The van der Waals surface area contributed by atoms with E-state index < -0.39 is 209 Å². The Kier molecular flexibility index (Phi) is 42.4. The third kappa shape index (κ3) is 27.8. The van der Waals surface area contributed by atoms with Crippen LogP contribution in [0.1, 0.15) is 178 Å². The van der Waals surface area contributed by atoms with E-state index in [1.165, 1.54) is 80.5 Å². The van der Waals surface area contributed by atoms with E-state index in [1.54, 1.807) is 87.3 Å². The monoisotopic (exact) mass is 2040 g/mol. The van der Waals surface area contributed by atoms with Crippen LogP contribution in [0.4, 0.5) is 0 Å². The molecule has 8 aromatic rings. The van der Waals surface area contributed by atoms with Gasteiger partial charge in [0.25, 0.3) is 27.8 Å². The summed E-state index contributed by atoms with van der Waals surface area (Å²) in [4.78, 5) is 164. The number of H-pyrrole nitrogens is 4. The zero-order valence-corrected chi connectivity index (χ0v) is 84.1. The van der Waals surface area contributed by atoms with Gasteiger partial charge in [-0.2, -0.15) is 4.98 Å². The Morgan fingerprint density at radius 2 is 0.727 bits per heavy atom. The maximum Gasteiger partial charge on any atom is 0.330 e.